The summed E-state index contributed by atoms with van der Waals surface area (Å²) in [5.41, 5.74) is 0. The van der Waals surface area contributed by atoms with Crippen molar-refractivity contribution in [2.75, 3.05) is 6.61 Å². The second kappa shape index (κ2) is 7.59. The predicted molar refractivity (Wildman–Crippen MR) is 65.2 cm³/mol. The van der Waals surface area contributed by atoms with Gasteiger partial charge in [0.05, 0.1) is 0 Å². The number of rotatable bonds is 8. The van der Waals surface area contributed by atoms with E-state index in [0.717, 1.165) is 18.2 Å². The second-order valence-electron chi connectivity index (χ2n) is 3.38. The monoisotopic (exact) mass is 246 g/mol. The van der Waals surface area contributed by atoms with E-state index >= 15 is 0 Å². The highest BCUT2D eigenvalue weighted by molar-refractivity contribution is 6.67. The van der Waals surface area contributed by atoms with Crippen molar-refractivity contribution >= 4 is 14.5 Å². The highest BCUT2D eigenvalue weighted by Crippen LogP contribution is 2.20. The average Bonchev–Trinajstić information content (AvgIpc) is 2.28. The quantitative estimate of drug-likeness (QED) is 0.286. The average molecular weight is 246 g/mol. The molecule has 4 nitrogen and oxygen atoms in total. The van der Waals surface area contributed by atoms with Crippen LogP contribution in [0.3, 0.4) is 0 Å². The van der Waals surface area contributed by atoms with Crippen molar-refractivity contribution in [2.24, 2.45) is 0 Å². The molecule has 0 heterocycles. The van der Waals surface area contributed by atoms with Crippen LogP contribution in [0.1, 0.15) is 27.7 Å². The third-order valence-electron chi connectivity index (χ3n) is 2.31. The third kappa shape index (κ3) is 4.91. The molecule has 0 bridgehead atoms. The van der Waals surface area contributed by atoms with Gasteiger partial charge in [0.2, 0.25) is 0 Å². The van der Waals surface area contributed by atoms with Gasteiger partial charge in [-0.05, 0) is 25.9 Å². The molecule has 1 atom stereocenters. The Balaban J connectivity index is 4.37. The summed E-state index contributed by atoms with van der Waals surface area (Å²) in [5.74, 6) is -0.473. The lowest BCUT2D eigenvalue weighted by atomic mass is 10.6. The van der Waals surface area contributed by atoms with Gasteiger partial charge < -0.3 is 13.6 Å². The number of carbonyl (C=O) groups is 1. The highest BCUT2D eigenvalue weighted by atomic mass is 28.4. The van der Waals surface area contributed by atoms with E-state index < -0.39 is 20.8 Å². The molecule has 0 aliphatic rings. The number of ether oxygens (including phenoxy) is 1. The molecule has 0 aromatic carbocycles. The smallest absolute Gasteiger partial charge is 0.340 e. The summed E-state index contributed by atoms with van der Waals surface area (Å²) >= 11 is 0. The molecule has 0 fully saturated rings. The zero-order chi connectivity index (χ0) is 12.6. The normalized spacial score (nSPS) is 13.2. The summed E-state index contributed by atoms with van der Waals surface area (Å²) in [6, 6.07) is 1.68. The number of carbonyl (C=O) groups excluding carboxylic acids is 1. The molecule has 5 heteroatoms. The van der Waals surface area contributed by atoms with Crippen LogP contribution in [-0.2, 0) is 18.4 Å². The van der Waals surface area contributed by atoms with E-state index in [1.165, 1.54) is 0 Å². The van der Waals surface area contributed by atoms with Crippen LogP contribution in [-0.4, -0.2) is 27.4 Å². The molecule has 16 heavy (non-hydrogen) atoms. The van der Waals surface area contributed by atoms with Crippen molar-refractivity contribution in [1.29, 1.82) is 0 Å². The van der Waals surface area contributed by atoms with Gasteiger partial charge in [-0.2, -0.15) is 0 Å². The first-order valence-electron chi connectivity index (χ1n) is 5.68. The molecular formula is C11H22O4Si. The lowest BCUT2D eigenvalue weighted by Crippen LogP contribution is -2.44. The van der Waals surface area contributed by atoms with Crippen molar-refractivity contribution < 1.29 is 18.4 Å². The second-order valence-corrected chi connectivity index (χ2v) is 7.14. The molecule has 1 unspecified atom stereocenters. The van der Waals surface area contributed by atoms with Gasteiger partial charge in [0.25, 0.3) is 0 Å². The van der Waals surface area contributed by atoms with Crippen LogP contribution in [0.2, 0.25) is 12.1 Å². The van der Waals surface area contributed by atoms with E-state index in [2.05, 4.69) is 6.58 Å². The number of esters is 1. The van der Waals surface area contributed by atoms with Gasteiger partial charge in [-0.15, -0.1) is 0 Å². The lowest BCUT2D eigenvalue weighted by molar-refractivity contribution is -0.157. The molecule has 0 aliphatic carbocycles. The van der Waals surface area contributed by atoms with Crippen LogP contribution in [0.15, 0.2) is 12.7 Å². The van der Waals surface area contributed by atoms with E-state index in [9.17, 15) is 4.79 Å². The molecule has 0 N–H and O–H groups in total. The van der Waals surface area contributed by atoms with Gasteiger partial charge in [0.15, 0.2) is 6.29 Å². The Bertz CT molecular complexity index is 226. The van der Waals surface area contributed by atoms with Crippen LogP contribution in [0.4, 0.5) is 0 Å². The minimum absolute atomic E-state index is 0.473. The van der Waals surface area contributed by atoms with Crippen LogP contribution in [0.5, 0.6) is 0 Å². The van der Waals surface area contributed by atoms with Crippen molar-refractivity contribution in [3.8, 4) is 0 Å². The zero-order valence-corrected chi connectivity index (χ0v) is 11.6. The fraction of sp³-hybridized carbons (Fsp3) is 0.727. The first-order valence-corrected chi connectivity index (χ1v) is 7.91. The summed E-state index contributed by atoms with van der Waals surface area (Å²) in [6.45, 7) is 11.7. The molecule has 0 aliphatic heterocycles. The van der Waals surface area contributed by atoms with Crippen LogP contribution >= 0.6 is 0 Å². The molecule has 0 radical (unpaired) electrons. The van der Waals surface area contributed by atoms with Gasteiger partial charge in [-0.25, -0.2) is 4.79 Å². The van der Waals surface area contributed by atoms with Gasteiger partial charge in [0.1, 0.15) is 0 Å². The van der Waals surface area contributed by atoms with E-state index in [4.69, 9.17) is 13.6 Å². The van der Waals surface area contributed by atoms with Crippen molar-refractivity contribution in [3.05, 3.63) is 12.7 Å². The van der Waals surface area contributed by atoms with Crippen LogP contribution < -0.4 is 0 Å². The van der Waals surface area contributed by atoms with Gasteiger partial charge in [-0.3, -0.25) is 0 Å². The molecule has 0 aromatic heterocycles. The fourth-order valence-corrected chi connectivity index (χ4v) is 3.94. The third-order valence-corrected chi connectivity index (χ3v) is 6.05. The van der Waals surface area contributed by atoms with Crippen molar-refractivity contribution in [3.63, 3.8) is 0 Å². The Morgan fingerprint density at radius 2 is 1.94 bits per heavy atom. The molecule has 0 spiro atoms. The molecule has 0 saturated heterocycles. The summed E-state index contributed by atoms with van der Waals surface area (Å²) < 4.78 is 16.5. The predicted octanol–water partition coefficient (Wildman–Crippen LogP) is 2.60. The van der Waals surface area contributed by atoms with Crippen LogP contribution in [0, 0.1) is 0 Å². The maximum Gasteiger partial charge on any atom is 0.340 e. The van der Waals surface area contributed by atoms with Crippen molar-refractivity contribution in [1.82, 2.24) is 0 Å². The minimum Gasteiger partial charge on any atom is -0.434 e. The summed E-state index contributed by atoms with van der Waals surface area (Å²) in [7, 11) is -2.20. The summed E-state index contributed by atoms with van der Waals surface area (Å²) in [4.78, 5) is 11.0. The van der Waals surface area contributed by atoms with E-state index in [0.29, 0.717) is 6.61 Å². The highest BCUT2D eigenvalue weighted by Gasteiger charge is 2.35. The first kappa shape index (κ1) is 15.3. The first-order chi connectivity index (χ1) is 7.53. The SMILES string of the molecule is C=CC(=O)OC(C)O[Si](CC)(CC)OCC. The Morgan fingerprint density at radius 1 is 1.38 bits per heavy atom. The number of hydrogen-bond donors (Lipinski definition) is 0. The largest absolute Gasteiger partial charge is 0.434 e. The Labute approximate surface area is 98.8 Å². The summed E-state index contributed by atoms with van der Waals surface area (Å²) in [5, 5.41) is 0. The van der Waals surface area contributed by atoms with Gasteiger partial charge in [-0.1, -0.05) is 20.4 Å². The Morgan fingerprint density at radius 3 is 2.31 bits per heavy atom. The topological polar surface area (TPSA) is 44.8 Å². The van der Waals surface area contributed by atoms with Crippen LogP contribution in [0.25, 0.3) is 0 Å². The van der Waals surface area contributed by atoms with Crippen molar-refractivity contribution in [2.45, 2.75) is 46.1 Å². The Hall–Kier alpha value is -0.653. The molecule has 0 saturated carbocycles. The standard InChI is InChI=1S/C11H22O4Si/c1-6-11(12)14-10(5)15-16(8-3,9-4)13-7-2/h6,10H,1,7-9H2,2-5H3. The van der Waals surface area contributed by atoms with Gasteiger partial charge >= 0.3 is 14.5 Å². The summed E-state index contributed by atoms with van der Waals surface area (Å²) in [6.07, 6.45) is 0.547. The number of hydrogen-bond acceptors (Lipinski definition) is 4. The molecule has 0 amide bonds. The fourth-order valence-electron chi connectivity index (χ4n) is 1.46. The maximum atomic E-state index is 11.0. The van der Waals surface area contributed by atoms with E-state index in [-0.39, 0.29) is 0 Å². The zero-order valence-electron chi connectivity index (χ0n) is 10.6. The molecule has 94 valence electrons. The van der Waals surface area contributed by atoms with Gasteiger partial charge in [0, 0.05) is 12.7 Å². The minimum atomic E-state index is -2.20. The van der Waals surface area contributed by atoms with E-state index in [1.807, 2.05) is 20.8 Å². The maximum absolute atomic E-state index is 11.0. The Kier molecular flexibility index (Phi) is 7.28. The molecule has 0 aromatic rings. The molecular weight excluding hydrogens is 224 g/mol. The lowest BCUT2D eigenvalue weighted by Gasteiger charge is -2.30. The van der Waals surface area contributed by atoms with E-state index in [1.54, 1.807) is 6.92 Å². The molecule has 0 rings (SSSR count).